The number of hydrogen-bond donors (Lipinski definition) is 1. The van der Waals surface area contributed by atoms with Crippen molar-refractivity contribution < 1.29 is 42.1 Å². The Morgan fingerprint density at radius 3 is 1.16 bits per heavy atom. The van der Waals surface area contributed by atoms with Gasteiger partial charge in [-0.15, -0.1) is 0 Å². The maximum Gasteiger partial charge on any atom is 0.472 e. The number of quaternary nitrogens is 1. The number of ether oxygens (including phenoxy) is 2. The second-order valence-corrected chi connectivity index (χ2v) is 22.5. The van der Waals surface area contributed by atoms with Crippen molar-refractivity contribution in [3.05, 3.63) is 85.1 Å². The first-order valence-electron chi connectivity index (χ1n) is 29.8. The van der Waals surface area contributed by atoms with Crippen molar-refractivity contribution in [2.24, 2.45) is 0 Å². The van der Waals surface area contributed by atoms with E-state index in [-0.39, 0.29) is 25.6 Å². The third-order valence-corrected chi connectivity index (χ3v) is 13.7. The van der Waals surface area contributed by atoms with Crippen molar-refractivity contribution in [3.8, 4) is 0 Å². The number of esters is 2. The van der Waals surface area contributed by atoms with E-state index in [1.165, 1.54) is 141 Å². The lowest BCUT2D eigenvalue weighted by molar-refractivity contribution is -0.870. The highest BCUT2D eigenvalue weighted by Gasteiger charge is 2.27. The van der Waals surface area contributed by atoms with Crippen molar-refractivity contribution >= 4 is 19.8 Å². The van der Waals surface area contributed by atoms with Crippen LogP contribution in [0.3, 0.4) is 0 Å². The molecule has 0 rings (SSSR count). The summed E-state index contributed by atoms with van der Waals surface area (Å²) in [5.74, 6) is -0.794. The molecule has 0 saturated heterocycles. The molecule has 0 aromatic carbocycles. The van der Waals surface area contributed by atoms with Crippen LogP contribution in [0.1, 0.15) is 251 Å². The lowest BCUT2D eigenvalue weighted by atomic mass is 10.0. The number of hydrogen-bond acceptors (Lipinski definition) is 7. The first-order valence-corrected chi connectivity index (χ1v) is 31.3. The van der Waals surface area contributed by atoms with E-state index in [2.05, 4.69) is 98.9 Å². The van der Waals surface area contributed by atoms with Gasteiger partial charge in [-0.25, -0.2) is 4.57 Å². The lowest BCUT2D eigenvalue weighted by Crippen LogP contribution is -2.37. The Morgan fingerprint density at radius 1 is 0.438 bits per heavy atom. The quantitative estimate of drug-likeness (QED) is 0.0211. The van der Waals surface area contributed by atoms with Gasteiger partial charge in [-0.05, 0) is 70.6 Å². The van der Waals surface area contributed by atoms with Gasteiger partial charge >= 0.3 is 19.8 Å². The predicted octanol–water partition coefficient (Wildman–Crippen LogP) is 18.6. The normalized spacial score (nSPS) is 13.9. The molecule has 0 aliphatic rings. The molecular formula is C63H113NO8P+. The largest absolute Gasteiger partial charge is 0.472 e. The molecule has 0 spiro atoms. The van der Waals surface area contributed by atoms with Crippen LogP contribution < -0.4 is 0 Å². The fraction of sp³-hybridized carbons (Fsp3) is 0.746. The molecule has 0 aromatic rings. The molecule has 0 aliphatic heterocycles. The zero-order valence-corrected chi connectivity index (χ0v) is 48.7. The van der Waals surface area contributed by atoms with Crippen molar-refractivity contribution in [2.45, 2.75) is 258 Å². The summed E-state index contributed by atoms with van der Waals surface area (Å²) in [6.45, 7) is 4.31. The maximum atomic E-state index is 12.8. The van der Waals surface area contributed by atoms with Crippen molar-refractivity contribution in [1.82, 2.24) is 0 Å². The number of rotatable bonds is 54. The van der Waals surface area contributed by atoms with E-state index >= 15 is 0 Å². The third-order valence-electron chi connectivity index (χ3n) is 12.7. The zero-order chi connectivity index (χ0) is 53.5. The van der Waals surface area contributed by atoms with Crippen LogP contribution in [0.4, 0.5) is 0 Å². The lowest BCUT2D eigenvalue weighted by Gasteiger charge is -2.24. The predicted molar refractivity (Wildman–Crippen MR) is 312 cm³/mol. The fourth-order valence-electron chi connectivity index (χ4n) is 8.11. The minimum absolute atomic E-state index is 0.0317. The molecule has 0 aliphatic carbocycles. The smallest absolute Gasteiger partial charge is 0.462 e. The van der Waals surface area contributed by atoms with Crippen LogP contribution in [0.2, 0.25) is 0 Å². The van der Waals surface area contributed by atoms with E-state index in [1.54, 1.807) is 0 Å². The van der Waals surface area contributed by atoms with Gasteiger partial charge in [0.1, 0.15) is 19.8 Å². The SMILES string of the molecule is CC/C=C\C/C=C\C/C=C\C/C=C\C/C=C\C/C=C\C/C=C\CCCCCCCCCCCCCCCCCCCC(=O)OC(COC(=O)CCCCCCCCCCCC)COP(=O)(O)OCC[N+](C)(C)C. The number of likely N-dealkylation sites (N-methyl/N-ethyl adjacent to an activating group) is 1. The van der Waals surface area contributed by atoms with E-state index in [0.29, 0.717) is 23.9 Å². The summed E-state index contributed by atoms with van der Waals surface area (Å²) in [4.78, 5) is 35.5. The molecule has 73 heavy (non-hydrogen) atoms. The van der Waals surface area contributed by atoms with Gasteiger partial charge in [-0.2, -0.15) is 0 Å². The molecule has 0 radical (unpaired) electrons. The van der Waals surface area contributed by atoms with Gasteiger partial charge in [0.15, 0.2) is 6.10 Å². The maximum absolute atomic E-state index is 12.8. The Balaban J connectivity index is 3.93. The Labute approximate surface area is 450 Å². The molecule has 0 saturated carbocycles. The molecule has 2 unspecified atom stereocenters. The molecule has 0 aromatic heterocycles. The van der Waals surface area contributed by atoms with E-state index in [0.717, 1.165) is 77.0 Å². The second kappa shape index (κ2) is 54.0. The summed E-state index contributed by atoms with van der Waals surface area (Å²) in [5, 5.41) is 0. The van der Waals surface area contributed by atoms with Crippen LogP contribution in [0, 0.1) is 0 Å². The van der Waals surface area contributed by atoms with E-state index < -0.39 is 26.5 Å². The Morgan fingerprint density at radius 2 is 0.781 bits per heavy atom. The number of phosphoric ester groups is 1. The average molecular weight is 1040 g/mol. The van der Waals surface area contributed by atoms with Crippen molar-refractivity contribution in [3.63, 3.8) is 0 Å². The Bertz CT molecular complexity index is 1510. The summed E-state index contributed by atoms with van der Waals surface area (Å²) in [6, 6.07) is 0. The minimum Gasteiger partial charge on any atom is -0.462 e. The van der Waals surface area contributed by atoms with Crippen molar-refractivity contribution in [1.29, 1.82) is 0 Å². The number of allylic oxidation sites excluding steroid dienone is 14. The van der Waals surface area contributed by atoms with Crippen molar-refractivity contribution in [2.75, 3.05) is 47.5 Å². The third kappa shape index (κ3) is 58.3. The molecule has 0 bridgehead atoms. The van der Waals surface area contributed by atoms with Crippen LogP contribution in [0.5, 0.6) is 0 Å². The summed E-state index contributed by atoms with van der Waals surface area (Å²) in [6.07, 6.45) is 72.5. The van der Waals surface area contributed by atoms with Crippen LogP contribution in [-0.2, 0) is 32.7 Å². The van der Waals surface area contributed by atoms with Crippen LogP contribution in [0.15, 0.2) is 85.1 Å². The summed E-state index contributed by atoms with van der Waals surface area (Å²) in [5.41, 5.74) is 0. The average Bonchev–Trinajstić information content (AvgIpc) is 3.35. The molecule has 422 valence electrons. The Hall–Kier alpha value is -2.81. The van der Waals surface area contributed by atoms with E-state index in [9.17, 15) is 19.0 Å². The van der Waals surface area contributed by atoms with Gasteiger partial charge < -0.3 is 18.9 Å². The fourth-order valence-corrected chi connectivity index (χ4v) is 8.86. The molecule has 9 nitrogen and oxygen atoms in total. The van der Waals surface area contributed by atoms with Gasteiger partial charge in [0.2, 0.25) is 0 Å². The first-order chi connectivity index (χ1) is 35.5. The van der Waals surface area contributed by atoms with Crippen LogP contribution in [-0.4, -0.2) is 74.9 Å². The van der Waals surface area contributed by atoms with Gasteiger partial charge in [0, 0.05) is 12.8 Å². The van der Waals surface area contributed by atoms with Crippen LogP contribution in [0.25, 0.3) is 0 Å². The summed E-state index contributed by atoms with van der Waals surface area (Å²) >= 11 is 0. The Kier molecular flexibility index (Phi) is 51.9. The number of carbonyl (C=O) groups excluding carboxylic acids is 2. The number of phosphoric acid groups is 1. The topological polar surface area (TPSA) is 108 Å². The highest BCUT2D eigenvalue weighted by Crippen LogP contribution is 2.43. The number of unbranched alkanes of at least 4 members (excludes halogenated alkanes) is 26. The molecular weight excluding hydrogens is 930 g/mol. The van der Waals surface area contributed by atoms with Gasteiger partial charge in [-0.3, -0.25) is 18.6 Å². The molecule has 10 heteroatoms. The molecule has 0 heterocycles. The highest BCUT2D eigenvalue weighted by molar-refractivity contribution is 7.47. The number of nitrogens with zero attached hydrogens (tertiary/aromatic N) is 1. The van der Waals surface area contributed by atoms with Gasteiger partial charge in [-0.1, -0.05) is 253 Å². The van der Waals surface area contributed by atoms with E-state index in [1.807, 2.05) is 21.1 Å². The summed E-state index contributed by atoms with van der Waals surface area (Å²) < 4.78 is 34.4. The zero-order valence-electron chi connectivity index (χ0n) is 47.9. The monoisotopic (exact) mass is 1040 g/mol. The van der Waals surface area contributed by atoms with Gasteiger partial charge in [0.25, 0.3) is 0 Å². The number of carbonyl (C=O) groups is 2. The standard InChI is InChI=1S/C63H112NO8P/c1-6-8-10-12-14-16-18-19-20-21-22-23-24-25-26-27-28-29-30-31-32-33-34-35-36-37-38-39-40-41-42-43-44-45-46-48-50-52-54-56-63(66)72-61(60-71-73(67,68)70-58-57-64(3,4)5)59-69-62(65)55-53-51-49-47-17-15-13-11-9-7-2/h8,10,14,16,19-20,22-23,25-26,28-29,31-32,61H,6-7,9,11-13,15,17-18,21,24,27,30,33-60H2,1-5H3/p+1/b10-8-,16-14-,20-19-,23-22-,26-25-,29-28-,32-31-. The van der Waals surface area contributed by atoms with E-state index in [4.69, 9.17) is 18.5 Å². The molecule has 1 N–H and O–H groups in total. The second-order valence-electron chi connectivity index (χ2n) is 21.0. The van der Waals surface area contributed by atoms with Crippen LogP contribution >= 0.6 is 7.82 Å². The molecule has 0 fully saturated rings. The molecule has 0 amide bonds. The first kappa shape index (κ1) is 70.2. The molecule has 2 atom stereocenters. The summed E-state index contributed by atoms with van der Waals surface area (Å²) in [7, 11) is 1.48. The minimum atomic E-state index is -4.38. The highest BCUT2D eigenvalue weighted by atomic mass is 31.2. The van der Waals surface area contributed by atoms with Gasteiger partial charge in [0.05, 0.1) is 27.7 Å².